The van der Waals surface area contributed by atoms with Crippen molar-refractivity contribution < 1.29 is 14.3 Å². The molecule has 1 aliphatic heterocycles. The van der Waals surface area contributed by atoms with Crippen molar-refractivity contribution in [3.63, 3.8) is 0 Å². The summed E-state index contributed by atoms with van der Waals surface area (Å²) >= 11 is 0. The van der Waals surface area contributed by atoms with Crippen molar-refractivity contribution in [3.05, 3.63) is 0 Å². The van der Waals surface area contributed by atoms with E-state index in [2.05, 4.69) is 10.6 Å². The molecule has 1 heterocycles. The molecule has 2 N–H and O–H groups in total. The Morgan fingerprint density at radius 1 is 1.37 bits per heavy atom. The fraction of sp³-hybridized carbons (Fsp3) is 0.929. The van der Waals surface area contributed by atoms with Crippen molar-refractivity contribution in [2.45, 2.75) is 38.2 Å². The molecule has 1 amide bonds. The third-order valence-electron chi connectivity index (χ3n) is 4.19. The Balaban J connectivity index is 1.56. The molecule has 0 atom stereocenters. The van der Waals surface area contributed by atoms with E-state index in [0.29, 0.717) is 5.41 Å². The summed E-state index contributed by atoms with van der Waals surface area (Å²) < 4.78 is 10.7. The van der Waals surface area contributed by atoms with E-state index in [1.807, 2.05) is 0 Å². The minimum absolute atomic E-state index is 0.0159. The molecular weight excluding hydrogens is 244 g/mol. The van der Waals surface area contributed by atoms with Crippen LogP contribution in [-0.2, 0) is 14.3 Å². The highest BCUT2D eigenvalue weighted by molar-refractivity contribution is 5.77. The Morgan fingerprint density at radius 3 is 2.74 bits per heavy atom. The van der Waals surface area contributed by atoms with Crippen molar-refractivity contribution in [1.82, 2.24) is 10.6 Å². The van der Waals surface area contributed by atoms with E-state index in [4.69, 9.17) is 9.47 Å². The third-order valence-corrected chi connectivity index (χ3v) is 4.19. The van der Waals surface area contributed by atoms with Gasteiger partial charge in [-0.15, -0.1) is 0 Å². The average Bonchev–Trinajstić information content (AvgIpc) is 3.22. The number of carbonyl (C=O) groups is 1. The smallest absolute Gasteiger partial charge is 0.246 e. The molecule has 2 fully saturated rings. The van der Waals surface area contributed by atoms with Crippen molar-refractivity contribution >= 4 is 5.91 Å². The second-order valence-corrected chi connectivity index (χ2v) is 5.78. The lowest BCUT2D eigenvalue weighted by Gasteiger charge is -2.23. The minimum atomic E-state index is 0.0159. The lowest BCUT2D eigenvalue weighted by atomic mass is 10.0. The van der Waals surface area contributed by atoms with E-state index in [9.17, 15) is 4.79 Å². The molecule has 2 rings (SSSR count). The van der Waals surface area contributed by atoms with Crippen LogP contribution in [0.5, 0.6) is 0 Å². The van der Waals surface area contributed by atoms with Gasteiger partial charge in [0.1, 0.15) is 6.61 Å². The van der Waals surface area contributed by atoms with Gasteiger partial charge >= 0.3 is 0 Å². The van der Waals surface area contributed by atoms with Crippen LogP contribution in [0, 0.1) is 5.41 Å². The van der Waals surface area contributed by atoms with E-state index in [1.165, 1.54) is 12.8 Å². The van der Waals surface area contributed by atoms with Gasteiger partial charge in [-0.1, -0.05) is 0 Å². The minimum Gasteiger partial charge on any atom is -0.385 e. The molecule has 110 valence electrons. The van der Waals surface area contributed by atoms with Gasteiger partial charge in [0.25, 0.3) is 0 Å². The summed E-state index contributed by atoms with van der Waals surface area (Å²) in [5.74, 6) is 0.0159. The number of carbonyl (C=O) groups excluding carboxylic acids is 1. The first-order chi connectivity index (χ1) is 9.24. The number of ether oxygens (including phenoxy) is 2. The standard InChI is InChI=1S/C14H26N2O3/c1-18-9-6-14(4-5-14)11-16-13(17)10-19-12-2-7-15-8-3-12/h12,15H,2-11H2,1H3,(H,16,17). The summed E-state index contributed by atoms with van der Waals surface area (Å²) in [4.78, 5) is 11.8. The van der Waals surface area contributed by atoms with Crippen LogP contribution in [0.15, 0.2) is 0 Å². The van der Waals surface area contributed by atoms with Gasteiger partial charge in [-0.05, 0) is 50.6 Å². The van der Waals surface area contributed by atoms with Crippen molar-refractivity contribution in [3.8, 4) is 0 Å². The maximum atomic E-state index is 11.8. The van der Waals surface area contributed by atoms with Gasteiger partial charge in [0.15, 0.2) is 0 Å². The molecule has 5 heteroatoms. The third kappa shape index (κ3) is 5.09. The normalized spacial score (nSPS) is 22.2. The summed E-state index contributed by atoms with van der Waals surface area (Å²) in [6.07, 6.45) is 5.70. The van der Waals surface area contributed by atoms with Crippen molar-refractivity contribution in [2.75, 3.05) is 40.0 Å². The van der Waals surface area contributed by atoms with Gasteiger partial charge < -0.3 is 20.1 Å². The molecular formula is C14H26N2O3. The number of amides is 1. The topological polar surface area (TPSA) is 59.6 Å². The number of hydrogen-bond donors (Lipinski definition) is 2. The molecule has 0 aromatic rings. The number of nitrogens with one attached hydrogen (secondary N) is 2. The lowest BCUT2D eigenvalue weighted by Crippen LogP contribution is -2.37. The summed E-state index contributed by atoms with van der Waals surface area (Å²) in [7, 11) is 1.72. The maximum absolute atomic E-state index is 11.8. The lowest BCUT2D eigenvalue weighted by molar-refractivity contribution is -0.128. The Kier molecular flexibility index (Phi) is 5.60. The number of methoxy groups -OCH3 is 1. The molecule has 1 saturated heterocycles. The van der Waals surface area contributed by atoms with E-state index in [1.54, 1.807) is 7.11 Å². The molecule has 1 aliphatic carbocycles. The number of hydrogen-bond acceptors (Lipinski definition) is 4. The van der Waals surface area contributed by atoms with Gasteiger partial charge in [0, 0.05) is 20.3 Å². The monoisotopic (exact) mass is 270 g/mol. The number of piperidine rings is 1. The van der Waals surface area contributed by atoms with Crippen molar-refractivity contribution in [1.29, 1.82) is 0 Å². The van der Waals surface area contributed by atoms with E-state index >= 15 is 0 Å². The molecule has 0 radical (unpaired) electrons. The quantitative estimate of drug-likeness (QED) is 0.681. The molecule has 0 bridgehead atoms. The zero-order valence-electron chi connectivity index (χ0n) is 11.9. The van der Waals surface area contributed by atoms with Gasteiger partial charge in [0.05, 0.1) is 6.10 Å². The highest BCUT2D eigenvalue weighted by Crippen LogP contribution is 2.48. The first-order valence-corrected chi connectivity index (χ1v) is 7.32. The molecule has 0 unspecified atom stereocenters. The van der Waals surface area contributed by atoms with E-state index < -0.39 is 0 Å². The fourth-order valence-electron chi connectivity index (χ4n) is 2.50. The van der Waals surface area contributed by atoms with Crippen LogP contribution in [0.3, 0.4) is 0 Å². The molecule has 2 aliphatic rings. The molecule has 0 aromatic heterocycles. The largest absolute Gasteiger partial charge is 0.385 e. The summed E-state index contributed by atoms with van der Waals surface area (Å²) in [5.41, 5.74) is 0.306. The van der Waals surface area contributed by atoms with Gasteiger partial charge in [-0.25, -0.2) is 0 Å². The predicted octanol–water partition coefficient (Wildman–Crippen LogP) is 0.688. The van der Waals surface area contributed by atoms with Crippen LogP contribution < -0.4 is 10.6 Å². The SMILES string of the molecule is COCCC1(CNC(=O)COC2CCNCC2)CC1. The molecule has 5 nitrogen and oxygen atoms in total. The summed E-state index contributed by atoms with van der Waals surface area (Å²) in [6, 6.07) is 0. The van der Waals surface area contributed by atoms with Gasteiger partial charge in [-0.3, -0.25) is 4.79 Å². The van der Waals surface area contributed by atoms with Crippen LogP contribution in [-0.4, -0.2) is 52.0 Å². The maximum Gasteiger partial charge on any atom is 0.246 e. The summed E-state index contributed by atoms with van der Waals surface area (Å²) in [5, 5.41) is 6.28. The Bertz CT molecular complexity index is 286. The van der Waals surface area contributed by atoms with Crippen LogP contribution >= 0.6 is 0 Å². The van der Waals surface area contributed by atoms with E-state index in [0.717, 1.165) is 45.5 Å². The first-order valence-electron chi connectivity index (χ1n) is 7.32. The Morgan fingerprint density at radius 2 is 2.11 bits per heavy atom. The zero-order chi connectivity index (χ0) is 13.6. The Hall–Kier alpha value is -0.650. The van der Waals surface area contributed by atoms with Gasteiger partial charge in [-0.2, -0.15) is 0 Å². The average molecular weight is 270 g/mol. The fourth-order valence-corrected chi connectivity index (χ4v) is 2.50. The Labute approximate surface area is 115 Å². The highest BCUT2D eigenvalue weighted by atomic mass is 16.5. The van der Waals surface area contributed by atoms with Crippen LogP contribution in [0.25, 0.3) is 0 Å². The second kappa shape index (κ2) is 7.22. The van der Waals surface area contributed by atoms with Crippen molar-refractivity contribution in [2.24, 2.45) is 5.41 Å². The molecule has 1 saturated carbocycles. The van der Waals surface area contributed by atoms with Crippen LogP contribution in [0.1, 0.15) is 32.1 Å². The molecule has 19 heavy (non-hydrogen) atoms. The molecule has 0 aromatic carbocycles. The second-order valence-electron chi connectivity index (χ2n) is 5.78. The van der Waals surface area contributed by atoms with E-state index in [-0.39, 0.29) is 18.6 Å². The van der Waals surface area contributed by atoms with Crippen LogP contribution in [0.2, 0.25) is 0 Å². The summed E-state index contributed by atoms with van der Waals surface area (Å²) in [6.45, 7) is 3.73. The zero-order valence-corrected chi connectivity index (χ0v) is 11.9. The highest BCUT2D eigenvalue weighted by Gasteiger charge is 2.42. The first kappa shape index (κ1) is 14.8. The molecule has 0 spiro atoms. The predicted molar refractivity (Wildman–Crippen MR) is 73.0 cm³/mol. The van der Waals surface area contributed by atoms with Gasteiger partial charge in [0.2, 0.25) is 5.91 Å². The number of rotatable bonds is 8. The van der Waals surface area contributed by atoms with Crippen LogP contribution in [0.4, 0.5) is 0 Å².